The highest BCUT2D eigenvalue weighted by Gasteiger charge is 2.25. The summed E-state index contributed by atoms with van der Waals surface area (Å²) in [5, 5.41) is 3.40. The van der Waals surface area contributed by atoms with Crippen LogP contribution in [0, 0.1) is 0 Å². The van der Waals surface area contributed by atoms with E-state index in [1.165, 1.54) is 31.2 Å². The lowest BCUT2D eigenvalue weighted by Gasteiger charge is -2.24. The number of rotatable bonds is 10. The van der Waals surface area contributed by atoms with Crippen LogP contribution >= 0.6 is 0 Å². The third-order valence-corrected chi connectivity index (χ3v) is 4.59. The van der Waals surface area contributed by atoms with Crippen molar-refractivity contribution in [3.63, 3.8) is 0 Å². The Bertz CT molecular complexity index is 965. The zero-order chi connectivity index (χ0) is 23.7. The number of carbonyl (C=O) groups excluding carboxylic acids is 5. The van der Waals surface area contributed by atoms with Gasteiger partial charge in [-0.1, -0.05) is 17.2 Å². The lowest BCUT2D eigenvalue weighted by molar-refractivity contribution is -0.147. The summed E-state index contributed by atoms with van der Waals surface area (Å²) in [7, 11) is 2.61. The summed E-state index contributed by atoms with van der Waals surface area (Å²) < 4.78 is 4.52. The molecule has 0 spiro atoms. The van der Waals surface area contributed by atoms with Gasteiger partial charge in [-0.05, 0) is 23.2 Å². The van der Waals surface area contributed by atoms with Gasteiger partial charge in [0, 0.05) is 37.2 Å². The molecule has 1 aliphatic heterocycles. The maximum absolute atomic E-state index is 12.8. The van der Waals surface area contributed by atoms with E-state index in [0.717, 1.165) is 9.80 Å². The summed E-state index contributed by atoms with van der Waals surface area (Å²) in [6, 6.07) is 6.29. The quantitative estimate of drug-likeness (QED) is 0.168. The van der Waals surface area contributed by atoms with Crippen molar-refractivity contribution in [1.82, 2.24) is 9.80 Å². The van der Waals surface area contributed by atoms with Crippen molar-refractivity contribution >= 4 is 35.3 Å². The zero-order valence-corrected chi connectivity index (χ0v) is 17.6. The van der Waals surface area contributed by atoms with Crippen molar-refractivity contribution in [2.24, 2.45) is 5.11 Å². The molecule has 1 aromatic rings. The standard InChI is InChI=1S/C20H22N6O6/c1-24(13-20(31)32-2)19(30)12-25(10-9-22-23-21)18(29)11-14-3-5-15(6-4-14)26-16(27)7-8-17(26)28/h3-8H,9-13H2,1-2H3. The minimum absolute atomic E-state index is 0.0151. The Morgan fingerprint density at radius 2 is 1.69 bits per heavy atom. The van der Waals surface area contributed by atoms with Crippen molar-refractivity contribution < 1.29 is 28.7 Å². The highest BCUT2D eigenvalue weighted by molar-refractivity contribution is 6.28. The maximum Gasteiger partial charge on any atom is 0.325 e. The summed E-state index contributed by atoms with van der Waals surface area (Å²) in [5.41, 5.74) is 9.44. The lowest BCUT2D eigenvalue weighted by Crippen LogP contribution is -2.44. The van der Waals surface area contributed by atoms with Crippen LogP contribution in [0.1, 0.15) is 5.56 Å². The minimum atomic E-state index is -0.599. The van der Waals surface area contributed by atoms with Gasteiger partial charge in [0.1, 0.15) is 6.54 Å². The highest BCUT2D eigenvalue weighted by atomic mass is 16.5. The SMILES string of the molecule is COC(=O)CN(C)C(=O)CN(CCN=[N+]=[N-])C(=O)Cc1ccc(N2C(=O)C=CC2=O)cc1. The maximum atomic E-state index is 12.8. The van der Waals surface area contributed by atoms with E-state index < -0.39 is 29.6 Å². The average Bonchev–Trinajstić information content (AvgIpc) is 3.11. The van der Waals surface area contributed by atoms with E-state index in [1.807, 2.05) is 0 Å². The molecule has 0 N–H and O–H groups in total. The first-order valence-electron chi connectivity index (χ1n) is 9.51. The largest absolute Gasteiger partial charge is 0.468 e. The van der Waals surface area contributed by atoms with Crippen LogP contribution in [0.3, 0.4) is 0 Å². The van der Waals surface area contributed by atoms with Gasteiger partial charge >= 0.3 is 5.97 Å². The van der Waals surface area contributed by atoms with Gasteiger partial charge < -0.3 is 14.5 Å². The summed E-state index contributed by atoms with van der Waals surface area (Å²) in [5.74, 6) is -2.38. The van der Waals surface area contributed by atoms with E-state index in [2.05, 4.69) is 14.8 Å². The molecule has 1 heterocycles. The number of likely N-dealkylation sites (N-methyl/N-ethyl adjacent to an activating group) is 1. The molecule has 0 atom stereocenters. The number of carbonyl (C=O) groups is 5. The zero-order valence-electron chi connectivity index (χ0n) is 17.6. The molecule has 0 bridgehead atoms. The molecule has 0 radical (unpaired) electrons. The molecule has 0 unspecified atom stereocenters. The van der Waals surface area contributed by atoms with E-state index >= 15 is 0 Å². The molecule has 1 aromatic carbocycles. The third-order valence-electron chi connectivity index (χ3n) is 4.59. The normalized spacial score (nSPS) is 12.4. The Morgan fingerprint density at radius 1 is 1.06 bits per heavy atom. The molecule has 0 fully saturated rings. The van der Waals surface area contributed by atoms with E-state index in [9.17, 15) is 24.0 Å². The number of anilines is 1. The van der Waals surface area contributed by atoms with Crippen LogP contribution in [-0.4, -0.2) is 79.7 Å². The number of hydrogen-bond acceptors (Lipinski definition) is 7. The highest BCUT2D eigenvalue weighted by Crippen LogP contribution is 2.20. The fraction of sp³-hybridized carbons (Fsp3) is 0.350. The number of hydrogen-bond donors (Lipinski definition) is 0. The second-order valence-electron chi connectivity index (χ2n) is 6.78. The van der Waals surface area contributed by atoms with Gasteiger partial charge in [0.15, 0.2) is 0 Å². The first kappa shape index (κ1) is 24.1. The van der Waals surface area contributed by atoms with E-state index in [0.29, 0.717) is 11.3 Å². The molecule has 0 aliphatic carbocycles. The molecular formula is C20H22N6O6. The van der Waals surface area contributed by atoms with Gasteiger partial charge in [0.2, 0.25) is 11.8 Å². The number of methoxy groups -OCH3 is 1. The third kappa shape index (κ3) is 6.41. The van der Waals surface area contributed by atoms with E-state index in [1.54, 1.807) is 24.3 Å². The first-order valence-corrected chi connectivity index (χ1v) is 9.51. The molecule has 1 aliphatic rings. The molecular weight excluding hydrogens is 420 g/mol. The predicted octanol–water partition coefficient (Wildman–Crippen LogP) is 0.429. The van der Waals surface area contributed by atoms with Crippen LogP contribution in [-0.2, 0) is 35.1 Å². The van der Waals surface area contributed by atoms with Crippen molar-refractivity contribution in [3.8, 4) is 0 Å². The summed E-state index contributed by atoms with van der Waals surface area (Å²) >= 11 is 0. The van der Waals surface area contributed by atoms with Crippen LogP contribution < -0.4 is 4.90 Å². The molecule has 4 amide bonds. The summed E-state index contributed by atoms with van der Waals surface area (Å²) in [6.45, 7) is -0.589. The average molecular weight is 442 g/mol. The van der Waals surface area contributed by atoms with Crippen LogP contribution in [0.25, 0.3) is 10.4 Å². The molecule has 0 saturated heterocycles. The molecule has 2 rings (SSSR count). The Morgan fingerprint density at radius 3 is 2.25 bits per heavy atom. The van der Waals surface area contributed by atoms with Crippen molar-refractivity contribution in [3.05, 3.63) is 52.4 Å². The summed E-state index contributed by atoms with van der Waals surface area (Å²) in [4.78, 5) is 66.1. The van der Waals surface area contributed by atoms with Gasteiger partial charge in [-0.15, -0.1) is 0 Å². The first-order chi connectivity index (χ1) is 15.3. The Kier molecular flexibility index (Phi) is 8.49. The van der Waals surface area contributed by atoms with Crippen molar-refractivity contribution in [2.75, 3.05) is 45.2 Å². The van der Waals surface area contributed by atoms with Crippen LogP contribution in [0.2, 0.25) is 0 Å². The summed E-state index contributed by atoms with van der Waals surface area (Å²) in [6.07, 6.45) is 2.29. The molecule has 0 aromatic heterocycles. The van der Waals surface area contributed by atoms with Gasteiger partial charge in [0.05, 0.1) is 25.8 Å². The second-order valence-corrected chi connectivity index (χ2v) is 6.78. The molecule has 12 nitrogen and oxygen atoms in total. The van der Waals surface area contributed by atoms with Crippen LogP contribution in [0.5, 0.6) is 0 Å². The number of imide groups is 1. The Hall–Kier alpha value is -4.18. The predicted molar refractivity (Wildman–Crippen MR) is 112 cm³/mol. The lowest BCUT2D eigenvalue weighted by atomic mass is 10.1. The molecule has 0 saturated carbocycles. The number of azide groups is 1. The number of nitrogens with zero attached hydrogens (tertiary/aromatic N) is 6. The van der Waals surface area contributed by atoms with Crippen molar-refractivity contribution in [2.45, 2.75) is 6.42 Å². The van der Waals surface area contributed by atoms with Gasteiger partial charge in [-0.2, -0.15) is 0 Å². The number of ether oxygens (including phenoxy) is 1. The fourth-order valence-electron chi connectivity index (χ4n) is 2.84. The monoisotopic (exact) mass is 442 g/mol. The van der Waals surface area contributed by atoms with E-state index in [-0.39, 0.29) is 32.6 Å². The number of esters is 1. The number of benzene rings is 1. The van der Waals surface area contributed by atoms with Gasteiger partial charge in [-0.25, -0.2) is 4.90 Å². The number of amides is 4. The van der Waals surface area contributed by atoms with Gasteiger partial charge in [-0.3, -0.25) is 24.0 Å². The van der Waals surface area contributed by atoms with Crippen LogP contribution in [0.4, 0.5) is 5.69 Å². The Labute approximate surface area is 183 Å². The fourth-order valence-corrected chi connectivity index (χ4v) is 2.84. The van der Waals surface area contributed by atoms with Crippen LogP contribution in [0.15, 0.2) is 41.5 Å². The van der Waals surface area contributed by atoms with Gasteiger partial charge in [0.25, 0.3) is 11.8 Å². The molecule has 12 heteroatoms. The van der Waals surface area contributed by atoms with Crippen molar-refractivity contribution in [1.29, 1.82) is 0 Å². The van der Waals surface area contributed by atoms with E-state index in [4.69, 9.17) is 5.53 Å². The molecule has 168 valence electrons. The topological polar surface area (TPSA) is 153 Å². The second kappa shape index (κ2) is 11.3. The minimum Gasteiger partial charge on any atom is -0.468 e. The smallest absolute Gasteiger partial charge is 0.325 e. The Balaban J connectivity index is 2.06. The molecule has 32 heavy (non-hydrogen) atoms.